The first-order valence-corrected chi connectivity index (χ1v) is 13.3. The number of H-pyrrole nitrogens is 1. The molecule has 38 heavy (non-hydrogen) atoms. The van der Waals surface area contributed by atoms with E-state index in [0.717, 1.165) is 43.4 Å². The Balaban J connectivity index is 1.61. The molecule has 0 bridgehead atoms. The van der Waals surface area contributed by atoms with E-state index in [2.05, 4.69) is 21.7 Å². The summed E-state index contributed by atoms with van der Waals surface area (Å²) in [6.45, 7) is 3.03. The molecule has 6 rings (SSSR count). The van der Waals surface area contributed by atoms with Crippen LogP contribution in [-0.4, -0.2) is 26.7 Å². The van der Waals surface area contributed by atoms with E-state index in [-0.39, 0.29) is 18.0 Å². The molecule has 0 spiro atoms. The maximum Gasteiger partial charge on any atom is 0.357 e. The number of imidazole rings is 1. The highest BCUT2D eigenvalue weighted by atomic mass is 32.1. The van der Waals surface area contributed by atoms with Gasteiger partial charge in [0.2, 0.25) is 0 Å². The highest BCUT2D eigenvalue weighted by Gasteiger charge is 2.27. The lowest BCUT2D eigenvalue weighted by molar-refractivity contribution is 0.0521. The number of esters is 1. The van der Waals surface area contributed by atoms with Crippen molar-refractivity contribution in [3.05, 3.63) is 112 Å². The van der Waals surface area contributed by atoms with Crippen molar-refractivity contribution in [2.24, 2.45) is 5.73 Å². The van der Waals surface area contributed by atoms with E-state index in [1.54, 1.807) is 22.8 Å². The lowest BCUT2D eigenvalue weighted by Crippen LogP contribution is -2.15. The molecule has 0 aliphatic heterocycles. The normalized spacial score (nSPS) is 11.4. The van der Waals surface area contributed by atoms with Crippen molar-refractivity contribution in [1.82, 2.24) is 14.1 Å². The fourth-order valence-electron chi connectivity index (χ4n) is 5.03. The van der Waals surface area contributed by atoms with E-state index in [1.165, 1.54) is 0 Å². The molecule has 6 aromatic rings. The maximum absolute atomic E-state index is 13.5. The molecule has 0 amide bonds. The summed E-state index contributed by atoms with van der Waals surface area (Å²) in [6, 6.07) is 24.1. The molecule has 0 aliphatic rings. The second-order valence-electron chi connectivity index (χ2n) is 9.04. The second kappa shape index (κ2) is 9.81. The number of rotatable bonds is 7. The molecule has 3 aromatic carbocycles. The molecule has 0 radical (unpaired) electrons. The van der Waals surface area contributed by atoms with E-state index in [9.17, 15) is 9.59 Å². The number of aromatic amines is 1. The van der Waals surface area contributed by atoms with Gasteiger partial charge >= 0.3 is 11.7 Å². The predicted octanol–water partition coefficient (Wildman–Crippen LogP) is 5.69. The summed E-state index contributed by atoms with van der Waals surface area (Å²) in [5.74, 6) is -0.564. The molecule has 0 saturated carbocycles. The van der Waals surface area contributed by atoms with E-state index in [4.69, 9.17) is 10.5 Å². The predicted molar refractivity (Wildman–Crippen MR) is 152 cm³/mol. The van der Waals surface area contributed by atoms with Gasteiger partial charge in [0.25, 0.3) is 0 Å². The van der Waals surface area contributed by atoms with Crippen LogP contribution in [0.1, 0.15) is 28.5 Å². The summed E-state index contributed by atoms with van der Waals surface area (Å²) in [5.41, 5.74) is 10.8. The van der Waals surface area contributed by atoms with Crippen LogP contribution in [0.3, 0.4) is 0 Å². The molecule has 0 aliphatic carbocycles. The lowest BCUT2D eigenvalue weighted by atomic mass is 10.1. The first-order valence-electron chi connectivity index (χ1n) is 12.4. The molecular weight excluding hydrogens is 496 g/mol. The van der Waals surface area contributed by atoms with E-state index < -0.39 is 5.97 Å². The highest BCUT2D eigenvalue weighted by molar-refractivity contribution is 7.17. The van der Waals surface area contributed by atoms with E-state index in [1.807, 2.05) is 72.2 Å². The van der Waals surface area contributed by atoms with Crippen LogP contribution in [0.25, 0.3) is 37.9 Å². The smallest absolute Gasteiger partial charge is 0.357 e. The fraction of sp³-hybridized carbons (Fsp3) is 0.133. The van der Waals surface area contributed by atoms with E-state index >= 15 is 0 Å². The van der Waals surface area contributed by atoms with Gasteiger partial charge in [-0.1, -0.05) is 60.7 Å². The molecule has 0 saturated heterocycles. The third-order valence-electron chi connectivity index (χ3n) is 6.70. The summed E-state index contributed by atoms with van der Waals surface area (Å²) >= 11 is 1.56. The maximum atomic E-state index is 13.5. The summed E-state index contributed by atoms with van der Waals surface area (Å²) in [6.07, 6.45) is 2.01. The number of ether oxygens (including phenoxy) is 1. The Morgan fingerprint density at radius 2 is 1.76 bits per heavy atom. The summed E-state index contributed by atoms with van der Waals surface area (Å²) in [5, 5.41) is 3.83. The number of nitrogens with two attached hydrogens (primary N) is 1. The SMILES string of the molecule is CCOC(=O)c1[nH]c(=O)n(-c2csc3ccccc23)c1-c1cn(Cc2cccc(CN)c2)c2ccccc12. The summed E-state index contributed by atoms with van der Waals surface area (Å²) < 4.78 is 10.2. The van der Waals surface area contributed by atoms with Crippen molar-refractivity contribution in [1.29, 1.82) is 0 Å². The number of para-hydroxylation sites is 1. The Kier molecular flexibility index (Phi) is 6.19. The molecule has 0 unspecified atom stereocenters. The zero-order valence-electron chi connectivity index (χ0n) is 20.8. The van der Waals surface area contributed by atoms with Gasteiger partial charge < -0.3 is 15.0 Å². The van der Waals surface area contributed by atoms with Gasteiger partial charge in [0.15, 0.2) is 5.69 Å². The van der Waals surface area contributed by atoms with Gasteiger partial charge in [0, 0.05) is 51.2 Å². The highest BCUT2D eigenvalue weighted by Crippen LogP contribution is 2.37. The van der Waals surface area contributed by atoms with Crippen molar-refractivity contribution >= 4 is 38.3 Å². The Bertz CT molecular complexity index is 1860. The first-order chi connectivity index (χ1) is 18.6. The van der Waals surface area contributed by atoms with Crippen LogP contribution >= 0.6 is 11.3 Å². The van der Waals surface area contributed by atoms with Gasteiger partial charge in [-0.15, -0.1) is 11.3 Å². The minimum absolute atomic E-state index is 0.139. The van der Waals surface area contributed by atoms with Gasteiger partial charge in [-0.25, -0.2) is 9.59 Å². The Labute approximate surface area is 222 Å². The van der Waals surface area contributed by atoms with Crippen LogP contribution in [0.15, 0.2) is 89.2 Å². The van der Waals surface area contributed by atoms with Gasteiger partial charge in [-0.3, -0.25) is 9.55 Å². The molecule has 3 aromatic heterocycles. The minimum atomic E-state index is -0.564. The number of hydrogen-bond acceptors (Lipinski definition) is 5. The zero-order chi connectivity index (χ0) is 26.2. The molecule has 0 atom stereocenters. The largest absolute Gasteiger partial charge is 0.461 e. The third kappa shape index (κ3) is 4.04. The average Bonchev–Trinajstić information content (AvgIpc) is 3.62. The molecule has 190 valence electrons. The van der Waals surface area contributed by atoms with Crippen LogP contribution < -0.4 is 11.4 Å². The Morgan fingerprint density at radius 3 is 2.58 bits per heavy atom. The quantitative estimate of drug-likeness (QED) is 0.264. The van der Waals surface area contributed by atoms with E-state index in [0.29, 0.717) is 18.8 Å². The van der Waals surface area contributed by atoms with Crippen LogP contribution in [0.4, 0.5) is 0 Å². The number of aromatic nitrogens is 3. The molecule has 0 fully saturated rings. The summed E-state index contributed by atoms with van der Waals surface area (Å²) in [7, 11) is 0. The minimum Gasteiger partial charge on any atom is -0.461 e. The Morgan fingerprint density at radius 1 is 1.00 bits per heavy atom. The van der Waals surface area contributed by atoms with Crippen LogP contribution in [0.2, 0.25) is 0 Å². The number of fused-ring (bicyclic) bond motifs is 2. The fourth-order valence-corrected chi connectivity index (χ4v) is 5.95. The van der Waals surface area contributed by atoms with Crippen molar-refractivity contribution in [3.63, 3.8) is 0 Å². The number of nitrogens with zero attached hydrogens (tertiary/aromatic N) is 2. The van der Waals surface area contributed by atoms with Gasteiger partial charge in [-0.05, 0) is 30.2 Å². The van der Waals surface area contributed by atoms with Gasteiger partial charge in [0.05, 0.1) is 18.0 Å². The number of carbonyl (C=O) groups is 1. The van der Waals surface area contributed by atoms with Crippen molar-refractivity contribution < 1.29 is 9.53 Å². The van der Waals surface area contributed by atoms with Gasteiger partial charge in [-0.2, -0.15) is 0 Å². The van der Waals surface area contributed by atoms with Crippen LogP contribution in [-0.2, 0) is 17.8 Å². The molecule has 3 N–H and O–H groups in total. The molecule has 8 heteroatoms. The molecule has 3 heterocycles. The number of benzene rings is 3. The third-order valence-corrected chi connectivity index (χ3v) is 7.65. The molecule has 7 nitrogen and oxygen atoms in total. The van der Waals surface area contributed by atoms with Crippen molar-refractivity contribution in [3.8, 4) is 16.9 Å². The zero-order valence-corrected chi connectivity index (χ0v) is 21.6. The van der Waals surface area contributed by atoms with Crippen molar-refractivity contribution in [2.75, 3.05) is 6.61 Å². The molecular formula is C30H26N4O3S. The summed E-state index contributed by atoms with van der Waals surface area (Å²) in [4.78, 5) is 29.4. The number of hydrogen-bond donors (Lipinski definition) is 2. The Hall–Kier alpha value is -4.40. The van der Waals surface area contributed by atoms with Crippen LogP contribution in [0, 0.1) is 0 Å². The lowest BCUT2D eigenvalue weighted by Gasteiger charge is -2.09. The standard InChI is InChI=1S/C30H26N4O3S/c1-2-37-29(35)27-28(34(30(36)32-27)25-18-38-26-13-6-4-11-22(25)26)23-17-33(24-12-5-3-10-21(23)24)16-20-9-7-8-19(14-20)15-31/h3-14,17-18H,2,15-16,31H2,1H3,(H,32,36). The van der Waals surface area contributed by atoms with Crippen LogP contribution in [0.5, 0.6) is 0 Å². The van der Waals surface area contributed by atoms with Crippen molar-refractivity contribution in [2.45, 2.75) is 20.0 Å². The number of thiophene rings is 1. The number of carbonyl (C=O) groups excluding carboxylic acids is 1. The monoisotopic (exact) mass is 522 g/mol. The van der Waals surface area contributed by atoms with Gasteiger partial charge in [0.1, 0.15) is 0 Å². The average molecular weight is 523 g/mol. The topological polar surface area (TPSA) is 95.0 Å². The second-order valence-corrected chi connectivity index (χ2v) is 9.95. The number of nitrogens with one attached hydrogen (secondary N) is 1. The first kappa shape index (κ1) is 24.0.